The second-order valence-corrected chi connectivity index (χ2v) is 4.85. The summed E-state index contributed by atoms with van der Waals surface area (Å²) >= 11 is 0. The Morgan fingerprint density at radius 2 is 1.68 bits per heavy atom. The summed E-state index contributed by atoms with van der Waals surface area (Å²) in [4.78, 5) is 0. The molecule has 0 radical (unpaired) electrons. The van der Waals surface area contributed by atoms with Gasteiger partial charge in [-0.15, -0.1) is 0 Å². The second kappa shape index (κ2) is 6.06. The van der Waals surface area contributed by atoms with Gasteiger partial charge in [-0.25, -0.2) is 0 Å². The molecule has 0 bridgehead atoms. The van der Waals surface area contributed by atoms with Crippen LogP contribution in [0.3, 0.4) is 0 Å². The van der Waals surface area contributed by atoms with Gasteiger partial charge in [-0.05, 0) is 42.7 Å². The third-order valence-electron chi connectivity index (χ3n) is 3.09. The van der Waals surface area contributed by atoms with Crippen LogP contribution in [0.4, 0.5) is 5.69 Å². The predicted octanol–water partition coefficient (Wildman–Crippen LogP) is 4.02. The number of nitrogens with zero attached hydrogens (tertiary/aromatic N) is 1. The molecule has 2 nitrogen and oxygen atoms in total. The Labute approximate surface area is 114 Å². The number of nitrogens with one attached hydrogen (secondary N) is 1. The fourth-order valence-electron chi connectivity index (χ4n) is 2.22. The maximum Gasteiger partial charge on any atom is 0.0885 e. The van der Waals surface area contributed by atoms with Gasteiger partial charge < -0.3 is 5.32 Å². The summed E-state index contributed by atoms with van der Waals surface area (Å²) in [6, 6.07) is 18.6. The average molecular weight is 250 g/mol. The van der Waals surface area contributed by atoms with E-state index in [9.17, 15) is 5.26 Å². The van der Waals surface area contributed by atoms with Crippen LogP contribution in [0.5, 0.6) is 0 Å². The average Bonchev–Trinajstić information content (AvgIpc) is 2.39. The number of nitriles is 1. The Bertz CT molecular complexity index is 562. The van der Waals surface area contributed by atoms with E-state index in [1.165, 1.54) is 11.1 Å². The molecule has 0 fully saturated rings. The Morgan fingerprint density at radius 1 is 1.05 bits per heavy atom. The first-order valence-corrected chi connectivity index (χ1v) is 6.46. The largest absolute Gasteiger partial charge is 0.383 e. The van der Waals surface area contributed by atoms with Crippen LogP contribution < -0.4 is 5.32 Å². The van der Waals surface area contributed by atoms with Gasteiger partial charge in [0.1, 0.15) is 0 Å². The lowest BCUT2D eigenvalue weighted by atomic mass is 10.0. The monoisotopic (exact) mass is 250 g/mol. The van der Waals surface area contributed by atoms with Crippen molar-refractivity contribution in [3.8, 4) is 6.07 Å². The Hall–Kier alpha value is -2.27. The number of benzene rings is 2. The summed E-state index contributed by atoms with van der Waals surface area (Å²) in [5, 5.41) is 12.6. The smallest absolute Gasteiger partial charge is 0.0885 e. The van der Waals surface area contributed by atoms with Crippen LogP contribution in [0.25, 0.3) is 0 Å². The fourth-order valence-corrected chi connectivity index (χ4v) is 2.22. The Balaban J connectivity index is 2.07. The minimum absolute atomic E-state index is 0.123. The molecule has 2 heteroatoms. The van der Waals surface area contributed by atoms with Crippen molar-refractivity contribution in [3.63, 3.8) is 0 Å². The Kier molecular flexibility index (Phi) is 4.20. The lowest BCUT2D eigenvalue weighted by molar-refractivity contribution is 0.900. The predicted molar refractivity (Wildman–Crippen MR) is 79.2 cm³/mol. The highest BCUT2D eigenvalue weighted by Crippen LogP contribution is 2.18. The highest BCUT2D eigenvalue weighted by Gasteiger charge is 2.09. The van der Waals surface area contributed by atoms with Crippen molar-refractivity contribution in [2.24, 2.45) is 0 Å². The molecule has 1 N–H and O–H groups in total. The highest BCUT2D eigenvalue weighted by molar-refractivity contribution is 5.49. The SMILES string of the molecule is Cc1cc(C)cc(NCC(C#N)c2ccccc2)c1. The van der Waals surface area contributed by atoms with E-state index in [-0.39, 0.29) is 5.92 Å². The van der Waals surface area contributed by atoms with Gasteiger partial charge in [-0.3, -0.25) is 0 Å². The van der Waals surface area contributed by atoms with Gasteiger partial charge in [0.15, 0.2) is 0 Å². The normalized spacial score (nSPS) is 11.6. The van der Waals surface area contributed by atoms with Crippen molar-refractivity contribution in [2.45, 2.75) is 19.8 Å². The molecule has 19 heavy (non-hydrogen) atoms. The summed E-state index contributed by atoms with van der Waals surface area (Å²) in [7, 11) is 0. The van der Waals surface area contributed by atoms with E-state index in [0.29, 0.717) is 6.54 Å². The molecule has 0 aliphatic rings. The van der Waals surface area contributed by atoms with Crippen molar-refractivity contribution in [3.05, 3.63) is 65.2 Å². The maximum atomic E-state index is 9.28. The van der Waals surface area contributed by atoms with Gasteiger partial charge in [0.25, 0.3) is 0 Å². The summed E-state index contributed by atoms with van der Waals surface area (Å²) in [5.74, 6) is -0.123. The van der Waals surface area contributed by atoms with Gasteiger partial charge >= 0.3 is 0 Å². The van der Waals surface area contributed by atoms with E-state index in [2.05, 4.69) is 43.4 Å². The first-order chi connectivity index (χ1) is 9.19. The topological polar surface area (TPSA) is 35.8 Å². The van der Waals surface area contributed by atoms with Crippen molar-refractivity contribution < 1.29 is 0 Å². The lowest BCUT2D eigenvalue weighted by Crippen LogP contribution is -2.11. The molecule has 1 unspecified atom stereocenters. The standard InChI is InChI=1S/C17H18N2/c1-13-8-14(2)10-17(9-13)19-12-16(11-18)15-6-4-3-5-7-15/h3-10,16,19H,12H2,1-2H3. The molecule has 2 aromatic rings. The van der Waals surface area contributed by atoms with E-state index < -0.39 is 0 Å². The number of rotatable bonds is 4. The van der Waals surface area contributed by atoms with Gasteiger partial charge in [0.2, 0.25) is 0 Å². The van der Waals surface area contributed by atoms with E-state index in [0.717, 1.165) is 11.3 Å². The molecule has 0 aliphatic carbocycles. The quantitative estimate of drug-likeness (QED) is 0.889. The van der Waals surface area contributed by atoms with E-state index >= 15 is 0 Å². The number of anilines is 1. The summed E-state index contributed by atoms with van der Waals surface area (Å²) in [5.41, 5.74) is 4.60. The molecule has 0 spiro atoms. The fraction of sp³-hybridized carbons (Fsp3) is 0.235. The van der Waals surface area contributed by atoms with Crippen molar-refractivity contribution in [2.75, 3.05) is 11.9 Å². The number of aryl methyl sites for hydroxylation is 2. The highest BCUT2D eigenvalue weighted by atomic mass is 14.9. The molecule has 0 saturated heterocycles. The molecule has 0 saturated carbocycles. The summed E-state index contributed by atoms with van der Waals surface area (Å²) < 4.78 is 0. The van der Waals surface area contributed by atoms with Gasteiger partial charge in [-0.2, -0.15) is 5.26 Å². The minimum Gasteiger partial charge on any atom is -0.383 e. The molecule has 96 valence electrons. The summed E-state index contributed by atoms with van der Waals surface area (Å²) in [6.45, 7) is 4.79. The van der Waals surface area contributed by atoms with Crippen molar-refractivity contribution >= 4 is 5.69 Å². The third kappa shape index (κ3) is 3.59. The lowest BCUT2D eigenvalue weighted by Gasteiger charge is -2.13. The molecule has 1 atom stereocenters. The molecule has 2 rings (SSSR count). The first kappa shape index (κ1) is 13.2. The van der Waals surface area contributed by atoms with Crippen LogP contribution >= 0.6 is 0 Å². The molecular weight excluding hydrogens is 232 g/mol. The van der Waals surface area contributed by atoms with Crippen molar-refractivity contribution in [1.82, 2.24) is 0 Å². The van der Waals surface area contributed by atoms with Crippen LogP contribution in [-0.2, 0) is 0 Å². The van der Waals surface area contributed by atoms with E-state index in [1.807, 2.05) is 30.3 Å². The zero-order valence-corrected chi connectivity index (χ0v) is 11.4. The van der Waals surface area contributed by atoms with Crippen LogP contribution in [-0.4, -0.2) is 6.54 Å². The van der Waals surface area contributed by atoms with Crippen LogP contribution in [0.15, 0.2) is 48.5 Å². The molecule has 0 aliphatic heterocycles. The van der Waals surface area contributed by atoms with Gasteiger partial charge in [0.05, 0.1) is 12.0 Å². The Morgan fingerprint density at radius 3 is 2.26 bits per heavy atom. The van der Waals surface area contributed by atoms with Gasteiger partial charge in [0, 0.05) is 12.2 Å². The number of hydrogen-bond acceptors (Lipinski definition) is 2. The van der Waals surface area contributed by atoms with E-state index in [1.54, 1.807) is 0 Å². The summed E-state index contributed by atoms with van der Waals surface area (Å²) in [6.07, 6.45) is 0. The van der Waals surface area contributed by atoms with Crippen molar-refractivity contribution in [1.29, 1.82) is 5.26 Å². The zero-order chi connectivity index (χ0) is 13.7. The molecular formula is C17H18N2. The van der Waals surface area contributed by atoms with Crippen LogP contribution in [0.2, 0.25) is 0 Å². The third-order valence-corrected chi connectivity index (χ3v) is 3.09. The minimum atomic E-state index is -0.123. The maximum absolute atomic E-state index is 9.28. The van der Waals surface area contributed by atoms with Gasteiger partial charge in [-0.1, -0.05) is 36.4 Å². The molecule has 0 amide bonds. The first-order valence-electron chi connectivity index (χ1n) is 6.46. The molecule has 0 heterocycles. The number of hydrogen-bond donors (Lipinski definition) is 1. The zero-order valence-electron chi connectivity index (χ0n) is 11.4. The van der Waals surface area contributed by atoms with Crippen LogP contribution in [0.1, 0.15) is 22.6 Å². The van der Waals surface area contributed by atoms with Crippen LogP contribution in [0, 0.1) is 25.2 Å². The van der Waals surface area contributed by atoms with E-state index in [4.69, 9.17) is 0 Å². The second-order valence-electron chi connectivity index (χ2n) is 4.85. The molecule has 2 aromatic carbocycles. The molecule has 0 aromatic heterocycles.